The van der Waals surface area contributed by atoms with Crippen molar-refractivity contribution in [3.63, 3.8) is 0 Å². The summed E-state index contributed by atoms with van der Waals surface area (Å²) >= 11 is 4.16. The van der Waals surface area contributed by atoms with Crippen LogP contribution in [0, 0.1) is 5.82 Å². The Morgan fingerprint density at radius 1 is 1.28 bits per heavy atom. The van der Waals surface area contributed by atoms with E-state index in [0.717, 1.165) is 27.2 Å². The molecule has 1 aliphatic heterocycles. The summed E-state index contributed by atoms with van der Waals surface area (Å²) in [7, 11) is 0. The van der Waals surface area contributed by atoms with Gasteiger partial charge in [-0.25, -0.2) is 4.39 Å². The first kappa shape index (κ1) is 21.1. The summed E-state index contributed by atoms with van der Waals surface area (Å²) < 4.78 is 19.4. The Kier molecular flexibility index (Phi) is 6.71. The van der Waals surface area contributed by atoms with Crippen LogP contribution in [0.3, 0.4) is 0 Å². The zero-order valence-corrected chi connectivity index (χ0v) is 17.7. The largest absolute Gasteiger partial charge is 0.493 e. The first-order valence-corrected chi connectivity index (χ1v) is 10.2. The Hall–Kier alpha value is -2.65. The molecule has 0 spiro atoms. The monoisotopic (exact) mass is 478 g/mol. The Labute approximate surface area is 179 Å². The number of thioether (sulfide) groups is 1. The van der Waals surface area contributed by atoms with Gasteiger partial charge in [0.05, 0.1) is 16.0 Å². The first-order chi connectivity index (χ1) is 13.9. The van der Waals surface area contributed by atoms with Crippen LogP contribution in [0.4, 0.5) is 14.9 Å². The smallest absolute Gasteiger partial charge is 0.294 e. The lowest BCUT2D eigenvalue weighted by molar-refractivity contribution is -0.127. The molecule has 3 rings (SSSR count). The van der Waals surface area contributed by atoms with E-state index in [2.05, 4.69) is 21.2 Å². The van der Waals surface area contributed by atoms with Gasteiger partial charge in [0.2, 0.25) is 5.91 Å². The quantitative estimate of drug-likeness (QED) is 0.610. The van der Waals surface area contributed by atoms with E-state index in [9.17, 15) is 18.8 Å². The van der Waals surface area contributed by atoms with Gasteiger partial charge >= 0.3 is 0 Å². The van der Waals surface area contributed by atoms with Crippen LogP contribution in [0.5, 0.6) is 5.75 Å². The number of nitrogens with one attached hydrogen (secondary N) is 1. The predicted octanol–water partition coefficient (Wildman–Crippen LogP) is 4.66. The molecule has 1 saturated heterocycles. The third-order valence-electron chi connectivity index (χ3n) is 3.84. The number of hydrogen-bond acceptors (Lipinski definition) is 5. The molecular formula is C20H16BrFN2O4S. The highest BCUT2D eigenvalue weighted by Gasteiger charge is 2.36. The highest BCUT2D eigenvalue weighted by Crippen LogP contribution is 2.33. The van der Waals surface area contributed by atoms with Crippen LogP contribution >= 0.6 is 27.7 Å². The number of imide groups is 1. The lowest BCUT2D eigenvalue weighted by Gasteiger charge is -2.12. The van der Waals surface area contributed by atoms with E-state index in [1.54, 1.807) is 24.3 Å². The summed E-state index contributed by atoms with van der Waals surface area (Å²) in [6, 6.07) is 10.7. The molecule has 3 amide bonds. The summed E-state index contributed by atoms with van der Waals surface area (Å²) in [6.07, 6.45) is 1.58. The number of carbonyl (C=O) groups is 3. The number of hydrogen-bond donors (Lipinski definition) is 1. The highest BCUT2D eigenvalue weighted by atomic mass is 79.9. The minimum atomic E-state index is -0.594. The molecule has 1 N–H and O–H groups in total. The molecule has 0 unspecified atom stereocenters. The van der Waals surface area contributed by atoms with Gasteiger partial charge in [0.25, 0.3) is 11.1 Å². The predicted molar refractivity (Wildman–Crippen MR) is 113 cm³/mol. The van der Waals surface area contributed by atoms with Crippen molar-refractivity contribution < 1.29 is 23.5 Å². The van der Waals surface area contributed by atoms with Crippen LogP contribution in [0.2, 0.25) is 0 Å². The molecule has 9 heteroatoms. The molecule has 1 heterocycles. The Morgan fingerprint density at radius 2 is 2.07 bits per heavy atom. The topological polar surface area (TPSA) is 75.7 Å². The molecule has 0 atom stereocenters. The zero-order chi connectivity index (χ0) is 21.0. The summed E-state index contributed by atoms with van der Waals surface area (Å²) in [5.41, 5.74) is 0.951. The van der Waals surface area contributed by atoms with Crippen molar-refractivity contribution in [3.05, 3.63) is 63.2 Å². The minimum absolute atomic E-state index is 0.213. The Morgan fingerprint density at radius 3 is 2.76 bits per heavy atom. The fraction of sp³-hybridized carbons (Fsp3) is 0.150. The van der Waals surface area contributed by atoms with Gasteiger partial charge in [0.15, 0.2) is 0 Å². The van der Waals surface area contributed by atoms with Gasteiger partial charge in [-0.15, -0.1) is 0 Å². The number of anilines is 1. The van der Waals surface area contributed by atoms with Gasteiger partial charge in [-0.3, -0.25) is 19.3 Å². The van der Waals surface area contributed by atoms with Crippen molar-refractivity contribution in [2.75, 3.05) is 18.5 Å². The molecule has 1 aliphatic rings. The van der Waals surface area contributed by atoms with Crippen LogP contribution in [0.25, 0.3) is 6.08 Å². The number of ether oxygens (including phenoxy) is 1. The molecule has 0 aromatic heterocycles. The second-order valence-electron chi connectivity index (χ2n) is 5.95. The maximum absolute atomic E-state index is 13.2. The average molecular weight is 479 g/mol. The van der Waals surface area contributed by atoms with Gasteiger partial charge in [-0.2, -0.15) is 0 Å². The van der Waals surface area contributed by atoms with Gasteiger partial charge < -0.3 is 10.1 Å². The second-order valence-corrected chi connectivity index (χ2v) is 7.80. The zero-order valence-electron chi connectivity index (χ0n) is 15.3. The van der Waals surface area contributed by atoms with Crippen molar-refractivity contribution in [3.8, 4) is 5.75 Å². The summed E-state index contributed by atoms with van der Waals surface area (Å²) in [4.78, 5) is 38.0. The number of carbonyl (C=O) groups excluding carboxylic acids is 3. The maximum atomic E-state index is 13.2. The Bertz CT molecular complexity index is 1010. The number of rotatable bonds is 6. The summed E-state index contributed by atoms with van der Waals surface area (Å²) in [5, 5.41) is 1.93. The van der Waals surface area contributed by atoms with Crippen LogP contribution in [0.15, 0.2) is 51.8 Å². The van der Waals surface area contributed by atoms with Gasteiger partial charge in [-0.1, -0.05) is 12.1 Å². The third-order valence-corrected chi connectivity index (χ3v) is 5.36. The highest BCUT2D eigenvalue weighted by molar-refractivity contribution is 9.10. The average Bonchev–Trinajstić information content (AvgIpc) is 2.91. The van der Waals surface area contributed by atoms with Crippen molar-refractivity contribution in [1.29, 1.82) is 0 Å². The fourth-order valence-corrected chi connectivity index (χ4v) is 3.93. The van der Waals surface area contributed by atoms with E-state index >= 15 is 0 Å². The molecule has 2 aromatic carbocycles. The molecule has 0 bridgehead atoms. The number of halogens is 2. The second kappa shape index (κ2) is 9.23. The normalized spacial score (nSPS) is 15.1. The molecule has 29 heavy (non-hydrogen) atoms. The molecule has 2 aromatic rings. The maximum Gasteiger partial charge on any atom is 0.294 e. The third kappa shape index (κ3) is 5.24. The lowest BCUT2D eigenvalue weighted by Crippen LogP contribution is -2.36. The molecule has 6 nitrogen and oxygen atoms in total. The number of amides is 3. The molecule has 0 saturated carbocycles. The van der Waals surface area contributed by atoms with Crippen molar-refractivity contribution >= 4 is 56.5 Å². The molecule has 150 valence electrons. The van der Waals surface area contributed by atoms with Crippen molar-refractivity contribution in [2.45, 2.75) is 6.92 Å². The van der Waals surface area contributed by atoms with E-state index in [-0.39, 0.29) is 10.6 Å². The van der Waals surface area contributed by atoms with E-state index in [0.29, 0.717) is 17.9 Å². The van der Waals surface area contributed by atoms with Crippen LogP contribution < -0.4 is 10.1 Å². The van der Waals surface area contributed by atoms with Crippen LogP contribution in [-0.4, -0.2) is 35.1 Å². The van der Waals surface area contributed by atoms with Crippen LogP contribution in [-0.2, 0) is 9.59 Å². The van der Waals surface area contributed by atoms with E-state index in [1.165, 1.54) is 18.2 Å². The molecule has 1 fully saturated rings. The fourth-order valence-electron chi connectivity index (χ4n) is 2.58. The van der Waals surface area contributed by atoms with Gasteiger partial charge in [0.1, 0.15) is 18.1 Å². The molecule has 0 aliphatic carbocycles. The van der Waals surface area contributed by atoms with E-state index in [4.69, 9.17) is 4.74 Å². The number of benzene rings is 2. The number of nitrogens with zero attached hydrogens (tertiary/aromatic N) is 1. The van der Waals surface area contributed by atoms with Crippen LogP contribution in [0.1, 0.15) is 12.5 Å². The molecule has 0 radical (unpaired) electrons. The Balaban J connectivity index is 1.69. The van der Waals surface area contributed by atoms with Crippen molar-refractivity contribution in [1.82, 2.24) is 4.90 Å². The van der Waals surface area contributed by atoms with Crippen molar-refractivity contribution in [2.24, 2.45) is 0 Å². The van der Waals surface area contributed by atoms with Gasteiger partial charge in [0, 0.05) is 5.69 Å². The minimum Gasteiger partial charge on any atom is -0.493 e. The lowest BCUT2D eigenvalue weighted by atomic mass is 10.2. The summed E-state index contributed by atoms with van der Waals surface area (Å²) in [5.74, 6) is -0.979. The molecular weight excluding hydrogens is 463 g/mol. The van der Waals surface area contributed by atoms with E-state index in [1.807, 2.05) is 6.92 Å². The first-order valence-electron chi connectivity index (χ1n) is 8.60. The summed E-state index contributed by atoms with van der Waals surface area (Å²) in [6.45, 7) is 1.95. The SMILES string of the molecule is CCOc1ccc(/C=C2/SC(=O)N(CC(=O)Nc3cccc(F)c3)C2=O)cc1Br. The van der Waals surface area contributed by atoms with Gasteiger partial charge in [-0.05, 0) is 76.6 Å². The van der Waals surface area contributed by atoms with E-state index < -0.39 is 29.4 Å². The standard InChI is InChI=1S/C20H16BrFN2O4S/c1-2-28-16-7-6-12(8-15(16)21)9-17-19(26)24(20(27)29-17)11-18(25)23-14-5-3-4-13(22)10-14/h3-10H,2,11H2,1H3,(H,23,25)/b17-9+.